The van der Waals surface area contributed by atoms with Crippen molar-refractivity contribution in [3.63, 3.8) is 0 Å². The molecule has 2 heterocycles. The van der Waals surface area contributed by atoms with Gasteiger partial charge in [0.05, 0.1) is 11.3 Å². The number of hydrogen-bond acceptors (Lipinski definition) is 4. The smallest absolute Gasteiger partial charge is 0.337 e. The summed E-state index contributed by atoms with van der Waals surface area (Å²) in [6.45, 7) is 5.33. The van der Waals surface area contributed by atoms with E-state index in [0.717, 1.165) is 19.6 Å². The van der Waals surface area contributed by atoms with Gasteiger partial charge in [-0.25, -0.2) is 9.78 Å². The van der Waals surface area contributed by atoms with Crippen molar-refractivity contribution in [3.05, 3.63) is 29.1 Å². The van der Waals surface area contributed by atoms with Crippen molar-refractivity contribution in [2.75, 3.05) is 33.2 Å². The van der Waals surface area contributed by atoms with E-state index in [1.807, 2.05) is 0 Å². The number of aromatic nitrogens is 1. The normalized spacial score (nSPS) is 15.1. The van der Waals surface area contributed by atoms with Gasteiger partial charge in [0.15, 0.2) is 0 Å². The summed E-state index contributed by atoms with van der Waals surface area (Å²) < 4.78 is 0. The summed E-state index contributed by atoms with van der Waals surface area (Å²) in [5, 5.41) is 8.97. The third-order valence-electron chi connectivity index (χ3n) is 3.83. The minimum Gasteiger partial charge on any atom is -0.478 e. The van der Waals surface area contributed by atoms with E-state index in [1.165, 1.54) is 25.0 Å². The number of likely N-dealkylation sites (tertiary alicyclic amines) is 1. The van der Waals surface area contributed by atoms with Crippen LogP contribution < -0.4 is 0 Å². The molecule has 0 unspecified atom stereocenters. The topological polar surface area (TPSA) is 73.7 Å². The number of aromatic carboxylic acids is 1. The monoisotopic (exact) mass is 291 g/mol. The predicted octanol–water partition coefficient (Wildman–Crippen LogP) is 1.26. The molecule has 114 valence electrons. The molecular formula is C15H21N3O3. The Bertz CT molecular complexity index is 539. The highest BCUT2D eigenvalue weighted by Crippen LogP contribution is 2.10. The molecule has 1 aromatic heterocycles. The first-order chi connectivity index (χ1) is 9.99. The predicted molar refractivity (Wildman–Crippen MR) is 78.6 cm³/mol. The molecule has 0 atom stereocenters. The van der Waals surface area contributed by atoms with E-state index in [9.17, 15) is 9.59 Å². The molecular weight excluding hydrogens is 270 g/mol. The van der Waals surface area contributed by atoms with E-state index < -0.39 is 5.97 Å². The largest absolute Gasteiger partial charge is 0.478 e. The van der Waals surface area contributed by atoms with Gasteiger partial charge in [-0.3, -0.25) is 4.79 Å². The lowest BCUT2D eigenvalue weighted by Gasteiger charge is -2.21. The summed E-state index contributed by atoms with van der Waals surface area (Å²) in [5.74, 6) is -1.20. The van der Waals surface area contributed by atoms with Gasteiger partial charge in [-0.2, -0.15) is 0 Å². The van der Waals surface area contributed by atoms with Gasteiger partial charge < -0.3 is 14.9 Å². The van der Waals surface area contributed by atoms with Gasteiger partial charge in [-0.05, 0) is 45.0 Å². The molecule has 0 aromatic carbocycles. The Kier molecular flexibility index (Phi) is 4.90. The summed E-state index contributed by atoms with van der Waals surface area (Å²) >= 11 is 0. The van der Waals surface area contributed by atoms with Crippen LogP contribution in [0.15, 0.2) is 12.1 Å². The maximum Gasteiger partial charge on any atom is 0.337 e. The molecule has 2 rings (SSSR count). The van der Waals surface area contributed by atoms with Gasteiger partial charge in [0.1, 0.15) is 5.69 Å². The average Bonchev–Trinajstić information content (AvgIpc) is 2.96. The van der Waals surface area contributed by atoms with Gasteiger partial charge in [0.2, 0.25) is 0 Å². The number of carboxylic acids is 1. The number of rotatable bonds is 5. The number of amides is 1. The fourth-order valence-corrected chi connectivity index (χ4v) is 2.50. The van der Waals surface area contributed by atoms with Crippen molar-refractivity contribution in [3.8, 4) is 0 Å². The van der Waals surface area contributed by atoms with Crippen molar-refractivity contribution >= 4 is 11.9 Å². The molecule has 6 heteroatoms. The van der Waals surface area contributed by atoms with Crippen LogP contribution in [0.1, 0.15) is 39.4 Å². The maximum atomic E-state index is 12.3. The number of carboxylic acid groups (broad SMARTS) is 1. The fraction of sp³-hybridized carbons (Fsp3) is 0.533. The van der Waals surface area contributed by atoms with Crippen LogP contribution in [-0.4, -0.2) is 65.0 Å². The quantitative estimate of drug-likeness (QED) is 0.884. The standard InChI is InChI=1S/C15H21N3O3/c1-11-12(15(20)21)5-6-13(16-11)14(19)17(2)9-10-18-7-3-4-8-18/h5-6H,3-4,7-10H2,1-2H3,(H,20,21). The molecule has 1 fully saturated rings. The third-order valence-corrected chi connectivity index (χ3v) is 3.83. The second-order valence-corrected chi connectivity index (χ2v) is 5.41. The number of carbonyl (C=O) groups excluding carboxylic acids is 1. The van der Waals surface area contributed by atoms with Crippen molar-refractivity contribution in [1.29, 1.82) is 0 Å². The van der Waals surface area contributed by atoms with E-state index in [4.69, 9.17) is 5.11 Å². The summed E-state index contributed by atoms with van der Waals surface area (Å²) in [4.78, 5) is 31.3. The SMILES string of the molecule is Cc1nc(C(=O)N(C)CCN2CCCC2)ccc1C(=O)O. The van der Waals surface area contributed by atoms with Crippen LogP contribution in [-0.2, 0) is 0 Å². The lowest BCUT2D eigenvalue weighted by atomic mass is 10.2. The minimum absolute atomic E-state index is 0.131. The van der Waals surface area contributed by atoms with Gasteiger partial charge >= 0.3 is 5.97 Å². The number of hydrogen-bond donors (Lipinski definition) is 1. The number of likely N-dealkylation sites (N-methyl/N-ethyl adjacent to an activating group) is 1. The maximum absolute atomic E-state index is 12.3. The lowest BCUT2D eigenvalue weighted by Crippen LogP contribution is -2.35. The average molecular weight is 291 g/mol. The number of carbonyl (C=O) groups is 2. The summed E-state index contributed by atoms with van der Waals surface area (Å²) in [7, 11) is 1.75. The zero-order chi connectivity index (χ0) is 15.4. The van der Waals surface area contributed by atoms with Gasteiger partial charge in [-0.1, -0.05) is 0 Å². The molecule has 0 spiro atoms. The molecule has 0 radical (unpaired) electrons. The van der Waals surface area contributed by atoms with Gasteiger partial charge in [-0.15, -0.1) is 0 Å². The van der Waals surface area contributed by atoms with Crippen LogP contribution in [0.2, 0.25) is 0 Å². The van der Waals surface area contributed by atoms with E-state index in [1.54, 1.807) is 18.9 Å². The van der Waals surface area contributed by atoms with E-state index in [-0.39, 0.29) is 11.5 Å². The highest BCUT2D eigenvalue weighted by molar-refractivity contribution is 5.94. The highest BCUT2D eigenvalue weighted by atomic mass is 16.4. The van der Waals surface area contributed by atoms with Crippen LogP contribution in [0, 0.1) is 6.92 Å². The van der Waals surface area contributed by atoms with Crippen molar-refractivity contribution < 1.29 is 14.7 Å². The molecule has 1 aromatic rings. The second kappa shape index (κ2) is 6.67. The summed E-state index contributed by atoms with van der Waals surface area (Å²) in [6, 6.07) is 2.91. The Balaban J connectivity index is 1.98. The van der Waals surface area contributed by atoms with E-state index in [2.05, 4.69) is 9.88 Å². The first-order valence-electron chi connectivity index (χ1n) is 7.18. The first-order valence-corrected chi connectivity index (χ1v) is 7.18. The Morgan fingerprint density at radius 2 is 2.00 bits per heavy atom. The summed E-state index contributed by atoms with van der Waals surface area (Å²) in [5.41, 5.74) is 0.786. The van der Waals surface area contributed by atoms with Gasteiger partial charge in [0, 0.05) is 20.1 Å². The third kappa shape index (κ3) is 3.78. The van der Waals surface area contributed by atoms with E-state index >= 15 is 0 Å². The molecule has 1 N–H and O–H groups in total. The Labute approximate surface area is 124 Å². The Hall–Kier alpha value is -1.95. The molecule has 0 saturated carbocycles. The molecule has 0 bridgehead atoms. The zero-order valence-corrected chi connectivity index (χ0v) is 12.5. The lowest BCUT2D eigenvalue weighted by molar-refractivity contribution is 0.0692. The zero-order valence-electron chi connectivity index (χ0n) is 12.5. The van der Waals surface area contributed by atoms with Crippen molar-refractivity contribution in [1.82, 2.24) is 14.8 Å². The summed E-state index contributed by atoms with van der Waals surface area (Å²) in [6.07, 6.45) is 2.46. The van der Waals surface area contributed by atoms with Crippen molar-refractivity contribution in [2.24, 2.45) is 0 Å². The minimum atomic E-state index is -1.03. The fourth-order valence-electron chi connectivity index (χ4n) is 2.50. The number of nitrogens with zero attached hydrogens (tertiary/aromatic N) is 3. The van der Waals surface area contributed by atoms with Crippen LogP contribution in [0.25, 0.3) is 0 Å². The molecule has 1 saturated heterocycles. The molecule has 6 nitrogen and oxygen atoms in total. The molecule has 1 amide bonds. The van der Waals surface area contributed by atoms with Crippen LogP contribution >= 0.6 is 0 Å². The second-order valence-electron chi connectivity index (χ2n) is 5.41. The molecule has 0 aliphatic carbocycles. The highest BCUT2D eigenvalue weighted by Gasteiger charge is 2.18. The molecule has 1 aliphatic heterocycles. The number of aryl methyl sites for hydroxylation is 1. The van der Waals surface area contributed by atoms with Crippen LogP contribution in [0.5, 0.6) is 0 Å². The molecule has 1 aliphatic rings. The van der Waals surface area contributed by atoms with Crippen molar-refractivity contribution in [2.45, 2.75) is 19.8 Å². The molecule has 21 heavy (non-hydrogen) atoms. The van der Waals surface area contributed by atoms with E-state index in [0.29, 0.717) is 17.9 Å². The number of pyridine rings is 1. The van der Waals surface area contributed by atoms with Crippen LogP contribution in [0.4, 0.5) is 0 Å². The van der Waals surface area contributed by atoms with Gasteiger partial charge in [0.25, 0.3) is 5.91 Å². The first kappa shape index (κ1) is 15.4. The van der Waals surface area contributed by atoms with Crippen LogP contribution in [0.3, 0.4) is 0 Å². The Morgan fingerprint density at radius 3 is 2.57 bits per heavy atom. The Morgan fingerprint density at radius 1 is 1.33 bits per heavy atom.